The zero-order valence-corrected chi connectivity index (χ0v) is 17.9. The summed E-state index contributed by atoms with van der Waals surface area (Å²) in [6, 6.07) is 2.91. The Morgan fingerprint density at radius 3 is 2.84 bits per heavy atom. The molecule has 8 heteroatoms. The first kappa shape index (κ1) is 19.6. The van der Waals surface area contributed by atoms with E-state index in [9.17, 15) is 19.1 Å². The van der Waals surface area contributed by atoms with Crippen LogP contribution in [0.15, 0.2) is 16.9 Å². The molecule has 0 fully saturated rings. The molecule has 1 aromatic carbocycles. The van der Waals surface area contributed by atoms with Crippen LogP contribution in [0.1, 0.15) is 59.2 Å². The molecule has 6 rings (SSSR count). The van der Waals surface area contributed by atoms with Crippen LogP contribution in [-0.4, -0.2) is 20.6 Å². The Labute approximate surface area is 183 Å². The minimum Gasteiger partial charge on any atom is -0.375 e. The molecule has 2 unspecified atom stereocenters. The number of carbonyl (C=O) groups excluding carboxylic acids is 1. The molecule has 0 saturated carbocycles. The number of amides is 1. The summed E-state index contributed by atoms with van der Waals surface area (Å²) in [7, 11) is 0. The Hall–Kier alpha value is -3.10. The number of rotatable bonds is 1. The average molecular weight is 434 g/mol. The third-order valence-electron chi connectivity index (χ3n) is 7.54. The molecule has 2 aliphatic heterocycles. The molecule has 4 heterocycles. The van der Waals surface area contributed by atoms with Crippen LogP contribution in [0.3, 0.4) is 0 Å². The van der Waals surface area contributed by atoms with Crippen molar-refractivity contribution in [1.82, 2.24) is 14.9 Å². The van der Waals surface area contributed by atoms with Crippen molar-refractivity contribution in [3.63, 3.8) is 0 Å². The molecule has 164 valence electrons. The van der Waals surface area contributed by atoms with Crippen molar-refractivity contribution in [2.75, 3.05) is 0 Å². The van der Waals surface area contributed by atoms with Gasteiger partial charge >= 0.3 is 0 Å². The van der Waals surface area contributed by atoms with Crippen molar-refractivity contribution in [3.8, 4) is 11.4 Å². The average Bonchev–Trinajstić information content (AvgIpc) is 3.14. The summed E-state index contributed by atoms with van der Waals surface area (Å²) in [6.07, 6.45) is 1.52. The quantitative estimate of drug-likeness (QED) is 0.425. The van der Waals surface area contributed by atoms with Gasteiger partial charge in [-0.15, -0.1) is 0 Å². The number of fused-ring (bicyclic) bond motifs is 5. The van der Waals surface area contributed by atoms with E-state index in [1.54, 1.807) is 24.5 Å². The van der Waals surface area contributed by atoms with Gasteiger partial charge < -0.3 is 20.7 Å². The number of hydrogen-bond donors (Lipinski definition) is 3. The maximum absolute atomic E-state index is 14.7. The van der Waals surface area contributed by atoms with Crippen LogP contribution < -0.4 is 16.6 Å². The fourth-order valence-corrected chi connectivity index (χ4v) is 5.71. The first-order valence-electron chi connectivity index (χ1n) is 10.9. The van der Waals surface area contributed by atoms with Gasteiger partial charge in [0.2, 0.25) is 0 Å². The number of carbonyl (C=O) groups is 1. The molecule has 7 nitrogen and oxygen atoms in total. The summed E-state index contributed by atoms with van der Waals surface area (Å²) in [5, 5.41) is 14.6. The molecule has 2 aromatic heterocycles. The Balaban J connectivity index is 1.70. The minimum atomic E-state index is -1.77. The van der Waals surface area contributed by atoms with Gasteiger partial charge in [0.25, 0.3) is 11.5 Å². The zero-order chi connectivity index (χ0) is 22.5. The van der Waals surface area contributed by atoms with E-state index in [1.165, 1.54) is 6.07 Å². The number of halogens is 1. The molecule has 2 atom stereocenters. The van der Waals surface area contributed by atoms with Gasteiger partial charge in [-0.1, -0.05) is 6.92 Å². The smallest absolute Gasteiger partial charge is 0.256 e. The molecule has 0 saturated heterocycles. The second kappa shape index (κ2) is 6.24. The van der Waals surface area contributed by atoms with Gasteiger partial charge in [-0.05, 0) is 48.9 Å². The molecule has 3 aliphatic rings. The number of pyridine rings is 2. The van der Waals surface area contributed by atoms with Gasteiger partial charge in [-0.2, -0.15) is 0 Å². The predicted octanol–water partition coefficient (Wildman–Crippen LogP) is 2.05. The molecule has 1 aliphatic carbocycles. The number of aryl methyl sites for hydroxylation is 1. The van der Waals surface area contributed by atoms with Crippen LogP contribution >= 0.6 is 0 Å². The van der Waals surface area contributed by atoms with Crippen molar-refractivity contribution >= 4 is 16.8 Å². The summed E-state index contributed by atoms with van der Waals surface area (Å²) in [5.41, 5.74) is 10.2. The van der Waals surface area contributed by atoms with Crippen molar-refractivity contribution in [2.24, 2.45) is 5.73 Å². The minimum absolute atomic E-state index is 0.0717. The summed E-state index contributed by atoms with van der Waals surface area (Å²) < 4.78 is 16.3. The number of nitrogens with one attached hydrogen (secondary N) is 1. The van der Waals surface area contributed by atoms with Crippen molar-refractivity contribution in [1.29, 1.82) is 0 Å². The fourth-order valence-electron chi connectivity index (χ4n) is 5.71. The lowest BCUT2D eigenvalue weighted by Gasteiger charge is -2.32. The number of benzene rings is 1. The second-order valence-electron chi connectivity index (χ2n) is 9.06. The highest BCUT2D eigenvalue weighted by Crippen LogP contribution is 2.44. The number of nitrogens with two attached hydrogens (primary N) is 1. The summed E-state index contributed by atoms with van der Waals surface area (Å²) in [6.45, 7) is 3.87. The van der Waals surface area contributed by atoms with Crippen molar-refractivity contribution < 1.29 is 14.3 Å². The molecule has 0 radical (unpaired) electrons. The zero-order valence-electron chi connectivity index (χ0n) is 17.9. The number of aromatic nitrogens is 2. The van der Waals surface area contributed by atoms with Gasteiger partial charge in [0, 0.05) is 40.7 Å². The largest absolute Gasteiger partial charge is 0.375 e. The lowest BCUT2D eigenvalue weighted by atomic mass is 9.82. The molecule has 1 amide bonds. The van der Waals surface area contributed by atoms with Gasteiger partial charge in [-0.3, -0.25) is 9.59 Å². The van der Waals surface area contributed by atoms with Crippen LogP contribution in [-0.2, 0) is 29.9 Å². The van der Waals surface area contributed by atoms with E-state index in [0.29, 0.717) is 53.0 Å². The Morgan fingerprint density at radius 1 is 1.31 bits per heavy atom. The Kier molecular flexibility index (Phi) is 3.81. The van der Waals surface area contributed by atoms with Crippen LogP contribution in [0.25, 0.3) is 22.3 Å². The Morgan fingerprint density at radius 2 is 2.09 bits per heavy atom. The van der Waals surface area contributed by atoms with E-state index < -0.39 is 11.5 Å². The highest BCUT2D eigenvalue weighted by Gasteiger charge is 2.44. The van der Waals surface area contributed by atoms with E-state index in [0.717, 1.165) is 22.1 Å². The molecule has 4 N–H and O–H groups in total. The van der Waals surface area contributed by atoms with Gasteiger partial charge in [0.05, 0.1) is 23.4 Å². The first-order valence-corrected chi connectivity index (χ1v) is 10.9. The number of nitrogens with zero attached hydrogens (tertiary/aromatic N) is 2. The molecule has 3 aromatic rings. The standard InChI is InChI=1S/C24H23FN4O3/c1-3-24(32)14-6-18-21-13(9-29(18)22(30)12(14)8-27-23(24)31)19-16(26)5-4-11-10(2)15(25)7-17(28-21)20(11)19/h6-7,16,32H,3-5,8-9,26H2,1-2H3,(H,27,31). The topological polar surface area (TPSA) is 110 Å². The lowest BCUT2D eigenvalue weighted by molar-refractivity contribution is -0.142. The van der Waals surface area contributed by atoms with E-state index in [2.05, 4.69) is 5.32 Å². The van der Waals surface area contributed by atoms with Crippen molar-refractivity contribution in [2.45, 2.75) is 57.8 Å². The monoisotopic (exact) mass is 434 g/mol. The molecule has 0 bridgehead atoms. The van der Waals surface area contributed by atoms with Crippen LogP contribution in [0.2, 0.25) is 0 Å². The molecular weight excluding hydrogens is 411 g/mol. The lowest BCUT2D eigenvalue weighted by Crippen LogP contribution is -2.50. The highest BCUT2D eigenvalue weighted by atomic mass is 19.1. The molecule has 0 spiro atoms. The normalized spacial score (nSPS) is 23.0. The van der Waals surface area contributed by atoms with Crippen LogP contribution in [0.4, 0.5) is 4.39 Å². The van der Waals surface area contributed by atoms with E-state index >= 15 is 0 Å². The molecular formula is C24H23FN4O3. The predicted molar refractivity (Wildman–Crippen MR) is 117 cm³/mol. The Bertz CT molecular complexity index is 1440. The molecule has 32 heavy (non-hydrogen) atoms. The maximum Gasteiger partial charge on any atom is 0.256 e. The van der Waals surface area contributed by atoms with E-state index in [-0.39, 0.29) is 30.4 Å². The first-order chi connectivity index (χ1) is 15.3. The third-order valence-corrected chi connectivity index (χ3v) is 7.54. The highest BCUT2D eigenvalue weighted by molar-refractivity contribution is 5.93. The van der Waals surface area contributed by atoms with Gasteiger partial charge in [-0.25, -0.2) is 9.37 Å². The maximum atomic E-state index is 14.7. The van der Waals surface area contributed by atoms with Gasteiger partial charge in [0.1, 0.15) is 5.82 Å². The van der Waals surface area contributed by atoms with E-state index in [4.69, 9.17) is 10.7 Å². The number of aliphatic hydroxyl groups is 1. The third kappa shape index (κ3) is 2.23. The van der Waals surface area contributed by atoms with Gasteiger partial charge in [0.15, 0.2) is 5.60 Å². The summed E-state index contributed by atoms with van der Waals surface area (Å²) in [5.74, 6) is -0.819. The van der Waals surface area contributed by atoms with Crippen molar-refractivity contribution in [3.05, 3.63) is 61.7 Å². The summed E-state index contributed by atoms with van der Waals surface area (Å²) in [4.78, 5) is 30.7. The van der Waals surface area contributed by atoms with Crippen LogP contribution in [0, 0.1) is 12.7 Å². The fraction of sp³-hybridized carbons (Fsp3) is 0.375. The van der Waals surface area contributed by atoms with E-state index in [1.807, 2.05) is 0 Å². The summed E-state index contributed by atoms with van der Waals surface area (Å²) >= 11 is 0. The number of hydrogen-bond acceptors (Lipinski definition) is 5. The second-order valence-corrected chi connectivity index (χ2v) is 9.06. The van der Waals surface area contributed by atoms with Crippen LogP contribution in [0.5, 0.6) is 0 Å². The SMILES string of the molecule is CCC1(O)C(=O)NCc2c1cc1n(c2=O)Cc2c-1nc1cc(F)c(C)c3c1c2C(N)CC3.